The predicted octanol–water partition coefficient (Wildman–Crippen LogP) is 3.93. The summed E-state index contributed by atoms with van der Waals surface area (Å²) < 4.78 is 41.0. The smallest absolute Gasteiger partial charge is 0.262 e. The lowest BCUT2D eigenvalue weighted by Gasteiger charge is -2.12. The van der Waals surface area contributed by atoms with Gasteiger partial charge < -0.3 is 5.73 Å². The Hall–Kier alpha value is -1.31. The lowest BCUT2D eigenvalue weighted by Crippen LogP contribution is -2.15. The third-order valence-corrected chi connectivity index (χ3v) is 5.49. The van der Waals surface area contributed by atoms with Crippen LogP contribution in [0.4, 0.5) is 15.8 Å². The van der Waals surface area contributed by atoms with Crippen molar-refractivity contribution < 1.29 is 12.8 Å². The maximum Gasteiger partial charge on any atom is 0.262 e. The molecule has 21 heavy (non-hydrogen) atoms. The molecular formula is C13H11BrClFN2O2S. The van der Waals surface area contributed by atoms with Crippen LogP contribution in [0.15, 0.2) is 39.7 Å². The second-order valence-corrected chi connectivity index (χ2v) is 7.29. The summed E-state index contributed by atoms with van der Waals surface area (Å²) in [5.74, 6) is -0.652. The number of halogens is 3. The molecule has 0 saturated carbocycles. The zero-order valence-corrected chi connectivity index (χ0v) is 14.0. The van der Waals surface area contributed by atoms with Gasteiger partial charge in [-0.1, -0.05) is 11.6 Å². The SMILES string of the molecule is Cc1cc(F)c(N)cc1S(=O)(=O)Nc1ccc(Cl)c(Br)c1. The number of aryl methyl sites for hydroxylation is 1. The molecule has 0 aromatic heterocycles. The number of hydrogen-bond donors (Lipinski definition) is 2. The van der Waals surface area contributed by atoms with Crippen molar-refractivity contribution in [3.05, 3.63) is 51.2 Å². The minimum absolute atomic E-state index is 0.0764. The fraction of sp³-hybridized carbons (Fsp3) is 0.0769. The van der Waals surface area contributed by atoms with E-state index in [4.69, 9.17) is 17.3 Å². The van der Waals surface area contributed by atoms with Gasteiger partial charge in [0.25, 0.3) is 10.0 Å². The Morgan fingerprint density at radius 1 is 1.29 bits per heavy atom. The van der Waals surface area contributed by atoms with Gasteiger partial charge in [0, 0.05) is 4.47 Å². The zero-order chi connectivity index (χ0) is 15.8. The monoisotopic (exact) mass is 392 g/mol. The second kappa shape index (κ2) is 5.82. The molecule has 3 N–H and O–H groups in total. The Morgan fingerprint density at radius 2 is 1.95 bits per heavy atom. The third-order valence-electron chi connectivity index (χ3n) is 2.76. The van der Waals surface area contributed by atoms with E-state index in [-0.39, 0.29) is 16.1 Å². The van der Waals surface area contributed by atoms with E-state index in [0.29, 0.717) is 15.2 Å². The van der Waals surface area contributed by atoms with E-state index >= 15 is 0 Å². The lowest BCUT2D eigenvalue weighted by molar-refractivity contribution is 0.599. The molecule has 0 unspecified atom stereocenters. The number of hydrogen-bond acceptors (Lipinski definition) is 3. The summed E-state index contributed by atoms with van der Waals surface area (Å²) in [5, 5.41) is 0.458. The lowest BCUT2D eigenvalue weighted by atomic mass is 10.2. The molecule has 0 spiro atoms. The van der Waals surface area contributed by atoms with Gasteiger partial charge in [-0.15, -0.1) is 0 Å². The molecule has 0 aliphatic heterocycles. The van der Waals surface area contributed by atoms with E-state index in [9.17, 15) is 12.8 Å². The molecule has 0 aliphatic rings. The highest BCUT2D eigenvalue weighted by Gasteiger charge is 2.19. The highest BCUT2D eigenvalue weighted by Crippen LogP contribution is 2.28. The number of nitrogens with two attached hydrogens (primary N) is 1. The van der Waals surface area contributed by atoms with Gasteiger partial charge in [-0.3, -0.25) is 4.72 Å². The summed E-state index contributed by atoms with van der Waals surface area (Å²) in [5.41, 5.74) is 5.80. The molecule has 0 saturated heterocycles. The van der Waals surface area contributed by atoms with Gasteiger partial charge in [0.15, 0.2) is 0 Å². The Bertz CT molecular complexity index is 812. The number of sulfonamides is 1. The van der Waals surface area contributed by atoms with Gasteiger partial charge in [-0.25, -0.2) is 12.8 Å². The van der Waals surface area contributed by atoms with Crippen molar-refractivity contribution in [3.63, 3.8) is 0 Å². The minimum Gasteiger partial charge on any atom is -0.396 e. The average molecular weight is 394 g/mol. The van der Waals surface area contributed by atoms with Crippen LogP contribution in [0.1, 0.15) is 5.56 Å². The molecule has 112 valence electrons. The van der Waals surface area contributed by atoms with Crippen molar-refractivity contribution in [2.24, 2.45) is 0 Å². The molecule has 8 heteroatoms. The van der Waals surface area contributed by atoms with Crippen LogP contribution in [-0.4, -0.2) is 8.42 Å². The molecule has 0 fully saturated rings. The largest absolute Gasteiger partial charge is 0.396 e. The number of anilines is 2. The van der Waals surface area contributed by atoms with Crippen molar-refractivity contribution in [1.29, 1.82) is 0 Å². The third kappa shape index (κ3) is 3.48. The van der Waals surface area contributed by atoms with Crippen molar-refractivity contribution in [2.75, 3.05) is 10.5 Å². The highest BCUT2D eigenvalue weighted by atomic mass is 79.9. The van der Waals surface area contributed by atoms with Crippen molar-refractivity contribution in [2.45, 2.75) is 11.8 Å². The van der Waals surface area contributed by atoms with Gasteiger partial charge in [0.1, 0.15) is 5.82 Å². The second-order valence-electron chi connectivity index (χ2n) is 4.37. The Morgan fingerprint density at radius 3 is 2.57 bits per heavy atom. The van der Waals surface area contributed by atoms with E-state index < -0.39 is 15.8 Å². The summed E-state index contributed by atoms with van der Waals surface area (Å²) >= 11 is 9.06. The maximum atomic E-state index is 13.3. The summed E-state index contributed by atoms with van der Waals surface area (Å²) in [4.78, 5) is -0.0764. The van der Waals surface area contributed by atoms with Gasteiger partial charge >= 0.3 is 0 Å². The number of benzene rings is 2. The van der Waals surface area contributed by atoms with Crippen molar-refractivity contribution in [3.8, 4) is 0 Å². The first-order valence-electron chi connectivity index (χ1n) is 5.74. The summed E-state index contributed by atoms with van der Waals surface area (Å²) in [6.45, 7) is 1.49. The van der Waals surface area contributed by atoms with Crippen LogP contribution in [0, 0.1) is 12.7 Å². The summed E-state index contributed by atoms with van der Waals surface area (Å²) in [7, 11) is -3.87. The molecule has 0 bridgehead atoms. The van der Waals surface area contributed by atoms with E-state index in [2.05, 4.69) is 20.7 Å². The van der Waals surface area contributed by atoms with Gasteiger partial charge in [-0.05, 0) is 58.7 Å². The van der Waals surface area contributed by atoms with Gasteiger partial charge in [0.2, 0.25) is 0 Å². The number of rotatable bonds is 3. The Labute approximate surface area is 135 Å². The molecule has 2 rings (SSSR count). The summed E-state index contributed by atoms with van der Waals surface area (Å²) in [6.07, 6.45) is 0. The highest BCUT2D eigenvalue weighted by molar-refractivity contribution is 9.10. The molecule has 0 atom stereocenters. The van der Waals surface area contributed by atoms with Crippen LogP contribution < -0.4 is 10.5 Å². The number of nitrogen functional groups attached to an aromatic ring is 1. The standard InChI is InChI=1S/C13H11BrClFN2O2S/c1-7-4-11(16)12(17)6-13(7)21(19,20)18-8-2-3-10(15)9(14)5-8/h2-6,18H,17H2,1H3. The normalized spacial score (nSPS) is 11.4. The first kappa shape index (κ1) is 16.1. The van der Waals surface area contributed by atoms with Crippen LogP contribution in [0.3, 0.4) is 0 Å². The van der Waals surface area contributed by atoms with E-state index in [1.807, 2.05) is 0 Å². The van der Waals surface area contributed by atoms with Crippen LogP contribution in [-0.2, 0) is 10.0 Å². The first-order chi connectivity index (χ1) is 9.70. The Kier molecular flexibility index (Phi) is 4.46. The Balaban J connectivity index is 2.43. The van der Waals surface area contributed by atoms with Crippen LogP contribution >= 0.6 is 27.5 Å². The van der Waals surface area contributed by atoms with E-state index in [1.54, 1.807) is 6.07 Å². The topological polar surface area (TPSA) is 72.2 Å². The minimum atomic E-state index is -3.87. The molecule has 0 amide bonds. The van der Waals surface area contributed by atoms with Crippen molar-refractivity contribution >= 4 is 48.9 Å². The van der Waals surface area contributed by atoms with E-state index in [0.717, 1.165) is 12.1 Å². The fourth-order valence-electron chi connectivity index (χ4n) is 1.73. The van der Waals surface area contributed by atoms with Crippen LogP contribution in [0.5, 0.6) is 0 Å². The molecule has 0 heterocycles. The zero-order valence-electron chi connectivity index (χ0n) is 10.8. The van der Waals surface area contributed by atoms with Crippen molar-refractivity contribution in [1.82, 2.24) is 0 Å². The summed E-state index contributed by atoms with van der Waals surface area (Å²) in [6, 6.07) is 6.78. The quantitative estimate of drug-likeness (QED) is 0.776. The molecule has 2 aromatic carbocycles. The first-order valence-corrected chi connectivity index (χ1v) is 8.39. The van der Waals surface area contributed by atoms with Gasteiger partial charge in [0.05, 0.1) is 21.3 Å². The average Bonchev–Trinajstić information content (AvgIpc) is 2.37. The fourth-order valence-corrected chi connectivity index (χ4v) is 3.54. The maximum absolute atomic E-state index is 13.3. The van der Waals surface area contributed by atoms with Crippen LogP contribution in [0.2, 0.25) is 5.02 Å². The van der Waals surface area contributed by atoms with Crippen LogP contribution in [0.25, 0.3) is 0 Å². The van der Waals surface area contributed by atoms with Gasteiger partial charge in [-0.2, -0.15) is 0 Å². The molecule has 0 radical (unpaired) electrons. The molecule has 4 nitrogen and oxygen atoms in total. The molecular weight excluding hydrogens is 383 g/mol. The number of nitrogens with one attached hydrogen (secondary N) is 1. The molecule has 0 aliphatic carbocycles. The molecule has 2 aromatic rings. The van der Waals surface area contributed by atoms with E-state index in [1.165, 1.54) is 19.1 Å². The predicted molar refractivity (Wildman–Crippen MR) is 85.5 cm³/mol.